The first kappa shape index (κ1) is 25.1. The van der Waals surface area contributed by atoms with Crippen LogP contribution in [0.3, 0.4) is 0 Å². The highest BCUT2D eigenvalue weighted by molar-refractivity contribution is 7.89. The Bertz CT molecular complexity index is 950. The Labute approximate surface area is 184 Å². The molecule has 0 spiro atoms. The van der Waals surface area contributed by atoms with Gasteiger partial charge in [-0.25, -0.2) is 8.42 Å². The van der Waals surface area contributed by atoms with Crippen molar-refractivity contribution in [2.45, 2.75) is 57.3 Å². The van der Waals surface area contributed by atoms with Crippen LogP contribution in [0, 0.1) is 17.8 Å². The average molecular weight is 453 g/mol. The molecule has 0 radical (unpaired) electrons. The standard InChI is InChI=1S/C22H32N2O6S/c1-6-22(27)23(5)13-20-15(2)12-24(16(3)14-25)31(28,29)21-10-9-18(8-7-17(4)26)11-19(21)30-20/h9-11,15-17,20,25-26H,6,12-14H2,1-5H3/t15-,16-,17-,20-/m0/s1. The second-order valence-corrected chi connectivity index (χ2v) is 9.83. The summed E-state index contributed by atoms with van der Waals surface area (Å²) in [6.07, 6.45) is -0.938. The van der Waals surface area contributed by atoms with Gasteiger partial charge in [0.05, 0.1) is 13.2 Å². The summed E-state index contributed by atoms with van der Waals surface area (Å²) in [4.78, 5) is 13.7. The van der Waals surface area contributed by atoms with Gasteiger partial charge in [0.2, 0.25) is 15.9 Å². The highest BCUT2D eigenvalue weighted by Crippen LogP contribution is 2.34. The normalized spacial score (nSPS) is 22.5. The minimum Gasteiger partial charge on any atom is -0.487 e. The van der Waals surface area contributed by atoms with Crippen LogP contribution in [0.1, 0.15) is 39.7 Å². The monoisotopic (exact) mass is 452 g/mol. The van der Waals surface area contributed by atoms with Crippen molar-refractivity contribution in [3.05, 3.63) is 23.8 Å². The molecule has 1 heterocycles. The molecule has 1 aromatic rings. The van der Waals surface area contributed by atoms with Gasteiger partial charge in [-0.2, -0.15) is 4.31 Å². The number of sulfonamides is 1. The molecule has 2 N–H and O–H groups in total. The third-order valence-corrected chi connectivity index (χ3v) is 7.29. The van der Waals surface area contributed by atoms with E-state index in [1.165, 1.54) is 23.4 Å². The molecule has 0 fully saturated rings. The molecule has 9 heteroatoms. The Balaban J connectivity index is 2.58. The summed E-state index contributed by atoms with van der Waals surface area (Å²) in [5, 5.41) is 19.1. The molecule has 8 nitrogen and oxygen atoms in total. The highest BCUT2D eigenvalue weighted by atomic mass is 32.2. The lowest BCUT2D eigenvalue weighted by atomic mass is 10.0. The van der Waals surface area contributed by atoms with Crippen LogP contribution in [-0.2, 0) is 14.8 Å². The van der Waals surface area contributed by atoms with Crippen molar-refractivity contribution in [2.75, 3.05) is 26.7 Å². The van der Waals surface area contributed by atoms with Gasteiger partial charge in [0.15, 0.2) is 0 Å². The predicted molar refractivity (Wildman–Crippen MR) is 117 cm³/mol. The predicted octanol–water partition coefficient (Wildman–Crippen LogP) is 1.06. The van der Waals surface area contributed by atoms with Gasteiger partial charge in [-0.3, -0.25) is 4.79 Å². The van der Waals surface area contributed by atoms with E-state index in [0.29, 0.717) is 12.0 Å². The van der Waals surface area contributed by atoms with Crippen molar-refractivity contribution in [2.24, 2.45) is 5.92 Å². The Hall–Kier alpha value is -2.12. The van der Waals surface area contributed by atoms with Crippen molar-refractivity contribution in [3.63, 3.8) is 0 Å². The number of amides is 1. The van der Waals surface area contributed by atoms with Crippen LogP contribution >= 0.6 is 0 Å². The van der Waals surface area contributed by atoms with Crippen LogP contribution in [0.15, 0.2) is 23.1 Å². The maximum Gasteiger partial charge on any atom is 0.247 e. The van der Waals surface area contributed by atoms with Gasteiger partial charge in [0.1, 0.15) is 22.9 Å². The third-order valence-electron chi connectivity index (χ3n) is 5.27. The molecular weight excluding hydrogens is 420 g/mol. The van der Waals surface area contributed by atoms with Crippen LogP contribution in [0.2, 0.25) is 0 Å². The number of hydrogen-bond acceptors (Lipinski definition) is 6. The quantitative estimate of drug-likeness (QED) is 0.647. The second kappa shape index (κ2) is 10.5. The molecule has 0 aromatic heterocycles. The minimum absolute atomic E-state index is 0.0169. The third kappa shape index (κ3) is 5.98. The van der Waals surface area contributed by atoms with E-state index < -0.39 is 28.3 Å². The summed E-state index contributed by atoms with van der Waals surface area (Å²) >= 11 is 0. The summed E-state index contributed by atoms with van der Waals surface area (Å²) in [5.74, 6) is 5.28. The summed E-state index contributed by atoms with van der Waals surface area (Å²) in [6.45, 7) is 6.94. The lowest BCUT2D eigenvalue weighted by Gasteiger charge is -2.37. The molecule has 1 aliphatic heterocycles. The van der Waals surface area contributed by atoms with Crippen LogP contribution in [0.4, 0.5) is 0 Å². The number of ether oxygens (including phenoxy) is 1. The Morgan fingerprint density at radius 2 is 2.06 bits per heavy atom. The second-order valence-electron chi connectivity index (χ2n) is 7.97. The van der Waals surface area contributed by atoms with E-state index in [-0.39, 0.29) is 42.2 Å². The molecule has 0 aliphatic carbocycles. The van der Waals surface area contributed by atoms with E-state index in [1.807, 2.05) is 6.92 Å². The number of hydrogen-bond donors (Lipinski definition) is 2. The zero-order valence-corrected chi connectivity index (χ0v) is 19.5. The maximum atomic E-state index is 13.4. The number of fused-ring (bicyclic) bond motifs is 1. The molecule has 172 valence electrons. The van der Waals surface area contributed by atoms with E-state index >= 15 is 0 Å². The lowest BCUT2D eigenvalue weighted by molar-refractivity contribution is -0.131. The van der Waals surface area contributed by atoms with Crippen molar-refractivity contribution in [1.29, 1.82) is 0 Å². The molecule has 4 atom stereocenters. The van der Waals surface area contributed by atoms with Gasteiger partial charge in [0.25, 0.3) is 0 Å². The largest absolute Gasteiger partial charge is 0.487 e. The first-order valence-electron chi connectivity index (χ1n) is 10.4. The van der Waals surface area contributed by atoms with E-state index in [1.54, 1.807) is 31.9 Å². The molecule has 31 heavy (non-hydrogen) atoms. The van der Waals surface area contributed by atoms with Crippen molar-refractivity contribution in [3.8, 4) is 17.6 Å². The molecule has 0 unspecified atom stereocenters. The smallest absolute Gasteiger partial charge is 0.247 e. The molecule has 2 rings (SSSR count). The van der Waals surface area contributed by atoms with Crippen LogP contribution in [0.25, 0.3) is 0 Å². The summed E-state index contributed by atoms with van der Waals surface area (Å²) in [6, 6.07) is 3.91. The Kier molecular flexibility index (Phi) is 8.49. The number of carbonyl (C=O) groups excluding carboxylic acids is 1. The molecule has 0 bridgehead atoms. The van der Waals surface area contributed by atoms with Crippen molar-refractivity contribution in [1.82, 2.24) is 9.21 Å². The lowest BCUT2D eigenvalue weighted by Crippen LogP contribution is -2.50. The number of aliphatic hydroxyl groups is 2. The van der Waals surface area contributed by atoms with E-state index in [0.717, 1.165) is 0 Å². The number of nitrogens with zero attached hydrogens (tertiary/aromatic N) is 2. The van der Waals surface area contributed by atoms with Crippen molar-refractivity contribution < 1.29 is 28.2 Å². The molecule has 1 amide bonds. The van der Waals surface area contributed by atoms with Gasteiger partial charge in [-0.1, -0.05) is 25.7 Å². The van der Waals surface area contributed by atoms with Crippen LogP contribution in [-0.4, -0.2) is 78.7 Å². The van der Waals surface area contributed by atoms with Crippen LogP contribution in [0.5, 0.6) is 5.75 Å². The number of rotatable bonds is 5. The summed E-state index contributed by atoms with van der Waals surface area (Å²) < 4.78 is 34.2. The van der Waals surface area contributed by atoms with Gasteiger partial charge >= 0.3 is 0 Å². The number of likely N-dealkylation sites (N-methyl/N-ethyl adjacent to an activating group) is 1. The number of carbonyl (C=O) groups is 1. The zero-order chi connectivity index (χ0) is 23.3. The Morgan fingerprint density at radius 3 is 2.65 bits per heavy atom. The minimum atomic E-state index is -3.94. The summed E-state index contributed by atoms with van der Waals surface area (Å²) in [7, 11) is -2.25. The maximum absolute atomic E-state index is 13.4. The fourth-order valence-corrected chi connectivity index (χ4v) is 5.18. The van der Waals surface area contributed by atoms with E-state index in [2.05, 4.69) is 11.8 Å². The fourth-order valence-electron chi connectivity index (χ4n) is 3.35. The van der Waals surface area contributed by atoms with E-state index in [4.69, 9.17) is 4.74 Å². The first-order chi connectivity index (χ1) is 14.5. The molecule has 1 aliphatic rings. The first-order valence-corrected chi connectivity index (χ1v) is 11.8. The number of benzene rings is 1. The van der Waals surface area contributed by atoms with Crippen LogP contribution < -0.4 is 4.74 Å². The highest BCUT2D eigenvalue weighted by Gasteiger charge is 2.38. The van der Waals surface area contributed by atoms with E-state index in [9.17, 15) is 23.4 Å². The summed E-state index contributed by atoms with van der Waals surface area (Å²) in [5.41, 5.74) is 0.501. The molecule has 1 aromatic carbocycles. The van der Waals surface area contributed by atoms with Gasteiger partial charge in [-0.15, -0.1) is 0 Å². The van der Waals surface area contributed by atoms with Crippen molar-refractivity contribution >= 4 is 15.9 Å². The molecular formula is C22H32N2O6S. The Morgan fingerprint density at radius 1 is 1.39 bits per heavy atom. The fraction of sp³-hybridized carbons (Fsp3) is 0.591. The molecule has 0 saturated heterocycles. The van der Waals surface area contributed by atoms with Gasteiger partial charge in [0, 0.05) is 37.5 Å². The average Bonchev–Trinajstić information content (AvgIpc) is 2.73. The number of aliphatic hydroxyl groups excluding tert-OH is 2. The molecule has 0 saturated carbocycles. The SMILES string of the molecule is CCC(=O)N(C)C[C@@H]1Oc2cc(C#C[C@H](C)O)ccc2S(=O)(=O)N([C@@H](C)CO)C[C@@H]1C. The topological polar surface area (TPSA) is 107 Å². The zero-order valence-electron chi connectivity index (χ0n) is 18.7. The van der Waals surface area contributed by atoms with Gasteiger partial charge in [-0.05, 0) is 32.0 Å². The van der Waals surface area contributed by atoms with Gasteiger partial charge < -0.3 is 19.8 Å².